The molecule has 4 heterocycles. The zero-order chi connectivity index (χ0) is 50.1. The van der Waals surface area contributed by atoms with Gasteiger partial charge in [-0.15, -0.1) is 0 Å². The van der Waals surface area contributed by atoms with Gasteiger partial charge in [0.05, 0.1) is 47.9 Å². The molecule has 4 aromatic rings. The number of para-hydroxylation sites is 1. The number of fused-ring (bicyclic) bond motifs is 4. The van der Waals surface area contributed by atoms with Gasteiger partial charge in [0.15, 0.2) is 12.4 Å². The third kappa shape index (κ3) is 14.5. The number of aromatic nitrogens is 2. The molecule has 2 aliphatic heterocycles. The molecule has 2 aromatic carbocycles. The minimum Gasteiger partial charge on any atom is -0.479 e. The van der Waals surface area contributed by atoms with E-state index in [-0.39, 0.29) is 66.1 Å². The molecule has 19 nitrogen and oxygen atoms in total. The van der Waals surface area contributed by atoms with Gasteiger partial charge in [0.25, 0.3) is 5.56 Å². The second kappa shape index (κ2) is 26.4. The highest BCUT2D eigenvalue weighted by Crippen LogP contribution is 2.37. The van der Waals surface area contributed by atoms with E-state index in [0.717, 1.165) is 27.6 Å². The van der Waals surface area contributed by atoms with Crippen LogP contribution in [0.1, 0.15) is 95.2 Å². The van der Waals surface area contributed by atoms with Gasteiger partial charge in [0.1, 0.15) is 24.7 Å². The summed E-state index contributed by atoms with van der Waals surface area (Å²) in [6.45, 7) is 15.5. The molecule has 1 saturated heterocycles. The third-order valence-electron chi connectivity index (χ3n) is 10.6. The fraction of sp³-hybridized carbons (Fsp3) is 0.479. The fourth-order valence-corrected chi connectivity index (χ4v) is 7.31. The number of benzene rings is 2. The number of anilines is 1. The molecule has 1 fully saturated rings. The van der Waals surface area contributed by atoms with E-state index >= 15 is 0 Å². The molecule has 2 aromatic heterocycles. The summed E-state index contributed by atoms with van der Waals surface area (Å²) >= 11 is 0. The molecule has 0 radical (unpaired) electrons. The lowest BCUT2D eigenvalue weighted by molar-refractivity contribution is -0.195. The second-order valence-electron chi connectivity index (χ2n) is 16.3. The van der Waals surface area contributed by atoms with Crippen molar-refractivity contribution in [3.8, 4) is 17.1 Å². The first-order valence-corrected chi connectivity index (χ1v) is 22.1. The van der Waals surface area contributed by atoms with Crippen molar-refractivity contribution < 1.29 is 58.6 Å². The van der Waals surface area contributed by atoms with Gasteiger partial charge in [-0.2, -0.15) is 0 Å². The molecule has 2 aliphatic rings. The van der Waals surface area contributed by atoms with E-state index in [0.29, 0.717) is 37.2 Å². The Kier molecular flexibility index (Phi) is 21.8. The number of methoxy groups -OCH3 is 1. The maximum Gasteiger partial charge on any atom is 0.333 e. The minimum atomic E-state index is -1.50. The SMILES string of the molecule is C=O.CC.CC(C)O.COCc1c(C(O)C=O)cc2n(c1=O)Cc1c-2nc2ccccc2c1CCNCc1ccc(NC(=O)[C@H](C)NC(=O)C(N)C(C)C)c(OC2CC(O)CC(C(=O)O)O2)c1. The second-order valence-corrected chi connectivity index (χ2v) is 16.3. The lowest BCUT2D eigenvalue weighted by Gasteiger charge is -2.31. The number of carboxylic acids is 1. The number of ether oxygens (including phenoxy) is 3. The predicted molar refractivity (Wildman–Crippen MR) is 251 cm³/mol. The van der Waals surface area contributed by atoms with Crippen molar-refractivity contribution in [2.45, 2.75) is 130 Å². The summed E-state index contributed by atoms with van der Waals surface area (Å²) in [7, 11) is 1.44. The van der Waals surface area contributed by atoms with Crippen molar-refractivity contribution in [1.82, 2.24) is 20.2 Å². The molecule has 0 aliphatic carbocycles. The molecule has 0 saturated carbocycles. The van der Waals surface area contributed by atoms with E-state index in [1.165, 1.54) is 14.0 Å². The Balaban J connectivity index is 0.00000139. The molecule has 6 atom stereocenters. The summed E-state index contributed by atoms with van der Waals surface area (Å²) in [5.41, 5.74) is 10.6. The Hall–Kier alpha value is -5.93. The molecular formula is C48H66N6O13. The van der Waals surface area contributed by atoms with Crippen molar-refractivity contribution in [1.29, 1.82) is 0 Å². The summed E-state index contributed by atoms with van der Waals surface area (Å²) in [6.07, 6.45) is -4.29. The number of nitrogens with zero attached hydrogens (tertiary/aromatic N) is 2. The summed E-state index contributed by atoms with van der Waals surface area (Å²) in [5, 5.41) is 48.3. The van der Waals surface area contributed by atoms with Crippen LogP contribution in [0, 0.1) is 5.92 Å². The van der Waals surface area contributed by atoms with Crippen molar-refractivity contribution in [3.63, 3.8) is 0 Å². The predicted octanol–water partition coefficient (Wildman–Crippen LogP) is 3.12. The molecule has 0 bridgehead atoms. The maximum atomic E-state index is 13.7. The zero-order valence-corrected chi connectivity index (χ0v) is 39.4. The van der Waals surface area contributed by atoms with Crippen molar-refractivity contribution >= 4 is 47.4 Å². The Labute approximate surface area is 390 Å². The highest BCUT2D eigenvalue weighted by molar-refractivity contribution is 5.98. The first-order chi connectivity index (χ1) is 31.9. The van der Waals surface area contributed by atoms with Crippen LogP contribution < -0.4 is 32.0 Å². The topological polar surface area (TPSA) is 291 Å². The third-order valence-corrected chi connectivity index (χ3v) is 10.6. The quantitative estimate of drug-likeness (QED) is 0.0491. The number of aliphatic hydroxyl groups excluding tert-OH is 3. The normalized spacial score (nSPS) is 17.2. The smallest absolute Gasteiger partial charge is 0.333 e. The average molecular weight is 935 g/mol. The van der Waals surface area contributed by atoms with E-state index in [4.69, 9.17) is 34.8 Å². The number of hydrogen-bond acceptors (Lipinski definition) is 15. The van der Waals surface area contributed by atoms with E-state index in [1.807, 2.05) is 44.9 Å². The number of carboxylic acid groups (broad SMARTS) is 1. The number of hydrogen-bond donors (Lipinski definition) is 8. The summed E-state index contributed by atoms with van der Waals surface area (Å²) in [5.74, 6) is -2.26. The molecule has 19 heteroatoms. The lowest BCUT2D eigenvalue weighted by atomic mass is 9.97. The highest BCUT2D eigenvalue weighted by Gasteiger charge is 2.35. The van der Waals surface area contributed by atoms with Crippen LogP contribution in [0.3, 0.4) is 0 Å². The number of amides is 2. The summed E-state index contributed by atoms with van der Waals surface area (Å²) in [4.78, 5) is 75.7. The van der Waals surface area contributed by atoms with Crippen LogP contribution in [0.15, 0.2) is 53.3 Å². The van der Waals surface area contributed by atoms with Gasteiger partial charge in [-0.05, 0) is 75.0 Å². The van der Waals surface area contributed by atoms with Crippen molar-refractivity contribution in [3.05, 3.63) is 86.7 Å². The van der Waals surface area contributed by atoms with E-state index < -0.39 is 54.5 Å². The first-order valence-electron chi connectivity index (χ1n) is 22.1. The number of carbonyl (C=O) groups excluding carboxylic acids is 4. The number of rotatable bonds is 17. The lowest BCUT2D eigenvalue weighted by Crippen LogP contribution is -2.50. The largest absolute Gasteiger partial charge is 0.479 e. The number of nitrogens with two attached hydrogens (primary N) is 1. The monoisotopic (exact) mass is 934 g/mol. The summed E-state index contributed by atoms with van der Waals surface area (Å²) in [6, 6.07) is 12.6. The van der Waals surface area contributed by atoms with Gasteiger partial charge >= 0.3 is 5.97 Å². The standard InChI is InChI=1S/C42H50N6O11.C3H8O.C2H6.CH2O/c1-21(2)37(43)40(53)45-22(3)39(52)47-31-10-9-23(13-34(31)58-36-15-24(50)14-35(59-36)42(55)56)17-44-12-11-25-26-7-5-6-8-30(26)46-38-28(25)18-48-32(38)16-27(33(51)19-49)29(20-57-4)41(48)54;1-3(2)4;2*1-2/h5-10,13,16,19,21-22,24,33,35-37,44,50-51H,11-12,14-15,17-18,20,43H2,1-4H3,(H,45,53)(H,47,52)(H,55,56);3-4H,1-2H3;1-2H3;1H2/t22-,24?,33?,35?,36?,37?;;;/m0.../s1. The number of aliphatic carboxylic acids is 1. The van der Waals surface area contributed by atoms with Crippen LogP contribution in [-0.2, 0) is 59.6 Å². The van der Waals surface area contributed by atoms with Gasteiger partial charge in [0, 0.05) is 54.7 Å². The maximum absolute atomic E-state index is 13.7. The average Bonchev–Trinajstić information content (AvgIpc) is 3.67. The van der Waals surface area contributed by atoms with Crippen LogP contribution in [0.4, 0.5) is 5.69 Å². The molecule has 67 heavy (non-hydrogen) atoms. The number of nitrogens with one attached hydrogen (secondary N) is 3. The Bertz CT molecular complexity index is 2370. The molecule has 5 unspecified atom stereocenters. The number of carbonyl (C=O) groups is 5. The van der Waals surface area contributed by atoms with Gasteiger partial charge < -0.3 is 70.5 Å². The number of pyridine rings is 2. The van der Waals surface area contributed by atoms with E-state index in [9.17, 15) is 39.3 Å². The fourth-order valence-electron chi connectivity index (χ4n) is 7.31. The summed E-state index contributed by atoms with van der Waals surface area (Å²) < 4.78 is 18.6. The van der Waals surface area contributed by atoms with Gasteiger partial charge in [0.2, 0.25) is 18.1 Å². The Morgan fingerprint density at radius 3 is 2.31 bits per heavy atom. The molecule has 366 valence electrons. The van der Waals surface area contributed by atoms with Crippen LogP contribution in [0.25, 0.3) is 22.3 Å². The van der Waals surface area contributed by atoms with Gasteiger partial charge in [-0.3, -0.25) is 14.4 Å². The highest BCUT2D eigenvalue weighted by atomic mass is 16.7. The number of aliphatic hydroxyl groups is 3. The minimum absolute atomic E-state index is 0.00787. The van der Waals surface area contributed by atoms with Crippen LogP contribution in [0.5, 0.6) is 5.75 Å². The Morgan fingerprint density at radius 1 is 1.01 bits per heavy atom. The molecule has 9 N–H and O–H groups in total. The van der Waals surface area contributed by atoms with Gasteiger partial charge in [-0.1, -0.05) is 52.0 Å². The van der Waals surface area contributed by atoms with Crippen LogP contribution in [-0.4, -0.2) is 111 Å². The van der Waals surface area contributed by atoms with Crippen molar-refractivity contribution in [2.75, 3.05) is 19.0 Å². The van der Waals surface area contributed by atoms with E-state index in [2.05, 4.69) is 16.0 Å². The van der Waals surface area contributed by atoms with Gasteiger partial charge in [-0.25, -0.2) is 9.78 Å². The first kappa shape index (κ1) is 55.4. The van der Waals surface area contributed by atoms with Crippen molar-refractivity contribution in [2.24, 2.45) is 11.7 Å². The molecule has 2 amide bonds. The van der Waals surface area contributed by atoms with Crippen LogP contribution >= 0.6 is 0 Å². The van der Waals surface area contributed by atoms with Crippen LogP contribution in [0.2, 0.25) is 0 Å². The molecule has 6 rings (SSSR count). The molecular weight excluding hydrogens is 869 g/mol. The molecule has 0 spiro atoms. The van der Waals surface area contributed by atoms with E-state index in [1.54, 1.807) is 56.5 Å². The number of aldehydes is 1. The Morgan fingerprint density at radius 2 is 1.69 bits per heavy atom. The zero-order valence-electron chi connectivity index (χ0n) is 39.4.